The van der Waals surface area contributed by atoms with Crippen molar-refractivity contribution in [3.05, 3.63) is 39.8 Å². The van der Waals surface area contributed by atoms with Gasteiger partial charge in [-0.2, -0.15) is 0 Å². The Labute approximate surface area is 142 Å². The van der Waals surface area contributed by atoms with Crippen LogP contribution in [0.15, 0.2) is 34.7 Å². The molecule has 0 saturated heterocycles. The number of Topliss-reactive ketones (excluding diaryl/α,β-unsaturated/α-hetero) is 1. The number of hydrogen-bond acceptors (Lipinski definition) is 3. The third kappa shape index (κ3) is 3.07. The molecule has 1 unspecified atom stereocenters. The number of ketones is 1. The molecule has 22 heavy (non-hydrogen) atoms. The maximum Gasteiger partial charge on any atom is 0.158 e. The first-order valence-corrected chi connectivity index (χ1v) is 8.85. The highest BCUT2D eigenvalue weighted by Gasteiger charge is 2.39. The van der Waals surface area contributed by atoms with Crippen LogP contribution in [0.25, 0.3) is 0 Å². The highest BCUT2D eigenvalue weighted by Crippen LogP contribution is 2.41. The van der Waals surface area contributed by atoms with Gasteiger partial charge in [-0.3, -0.25) is 4.79 Å². The van der Waals surface area contributed by atoms with E-state index in [0.717, 1.165) is 27.7 Å². The minimum Gasteiger partial charge on any atom is -0.359 e. The summed E-state index contributed by atoms with van der Waals surface area (Å²) in [6, 6.07) is 8.09. The first-order valence-electron chi connectivity index (χ1n) is 8.03. The van der Waals surface area contributed by atoms with Crippen LogP contribution in [0.4, 0.5) is 5.69 Å². The van der Waals surface area contributed by atoms with Gasteiger partial charge in [-0.1, -0.05) is 30.9 Å². The molecule has 0 N–H and O–H groups in total. The van der Waals surface area contributed by atoms with E-state index in [4.69, 9.17) is 11.6 Å². The molecule has 2 aliphatic rings. The van der Waals surface area contributed by atoms with Gasteiger partial charge in [0.1, 0.15) is 0 Å². The average molecular weight is 336 g/mol. The highest BCUT2D eigenvalue weighted by molar-refractivity contribution is 7.84. The lowest BCUT2D eigenvalue weighted by Crippen LogP contribution is -2.40. The summed E-state index contributed by atoms with van der Waals surface area (Å²) in [5.41, 5.74) is 2.05. The van der Waals surface area contributed by atoms with Crippen LogP contribution in [0.5, 0.6) is 0 Å². The van der Waals surface area contributed by atoms with Crippen molar-refractivity contribution in [3.63, 3.8) is 0 Å². The van der Waals surface area contributed by atoms with Crippen molar-refractivity contribution in [1.29, 1.82) is 0 Å². The number of thiol groups is 1. The maximum atomic E-state index is 12.2. The zero-order valence-corrected chi connectivity index (χ0v) is 14.5. The Kier molecular flexibility index (Phi) is 4.84. The molecule has 2 nitrogen and oxygen atoms in total. The molecule has 1 saturated carbocycles. The van der Waals surface area contributed by atoms with Gasteiger partial charge in [-0.15, -0.1) is 12.6 Å². The van der Waals surface area contributed by atoms with Crippen molar-refractivity contribution in [2.45, 2.75) is 45.1 Å². The Hall–Kier alpha value is -0.930. The number of halogens is 1. The molecule has 0 spiro atoms. The molecular formula is C18H22ClNOS. The summed E-state index contributed by atoms with van der Waals surface area (Å²) in [4.78, 5) is 15.5. The number of hydrogen-bond donors (Lipinski definition) is 1. The summed E-state index contributed by atoms with van der Waals surface area (Å²) in [6.45, 7) is 2.40. The number of benzene rings is 1. The van der Waals surface area contributed by atoms with E-state index < -0.39 is 0 Å². The monoisotopic (exact) mass is 335 g/mol. The van der Waals surface area contributed by atoms with Crippen molar-refractivity contribution in [2.75, 3.05) is 11.4 Å². The normalized spacial score (nSPS) is 23.2. The van der Waals surface area contributed by atoms with Crippen LogP contribution in [0.1, 0.15) is 39.0 Å². The third-order valence-electron chi connectivity index (χ3n) is 4.90. The lowest BCUT2D eigenvalue weighted by atomic mass is 9.80. The standard InChI is InChI=1S/C18H22ClNOS/c1-12(21)17-16(22)11-20(15-9-7-14(19)8-10-15)18(17)13-5-3-2-4-6-13/h7-10,13,18,22H,2-6,11H2,1H3. The predicted octanol–water partition coefficient (Wildman–Crippen LogP) is 4.88. The first-order chi connectivity index (χ1) is 10.6. The fourth-order valence-corrected chi connectivity index (χ4v) is 4.48. The topological polar surface area (TPSA) is 20.3 Å². The van der Waals surface area contributed by atoms with Crippen LogP contribution < -0.4 is 4.90 Å². The number of anilines is 1. The molecule has 0 radical (unpaired) electrons. The van der Waals surface area contributed by atoms with Gasteiger partial charge < -0.3 is 4.90 Å². The van der Waals surface area contributed by atoms with E-state index in [1.165, 1.54) is 32.1 Å². The highest BCUT2D eigenvalue weighted by atomic mass is 35.5. The van der Waals surface area contributed by atoms with Crippen molar-refractivity contribution >= 4 is 35.7 Å². The number of rotatable bonds is 3. The molecular weight excluding hydrogens is 314 g/mol. The van der Waals surface area contributed by atoms with Gasteiger partial charge in [-0.25, -0.2) is 0 Å². The van der Waals surface area contributed by atoms with Crippen LogP contribution in [0.2, 0.25) is 5.02 Å². The minimum absolute atomic E-state index is 0.164. The second-order valence-corrected chi connectivity index (χ2v) is 7.34. The molecule has 0 bridgehead atoms. The van der Waals surface area contributed by atoms with Crippen molar-refractivity contribution in [3.8, 4) is 0 Å². The molecule has 118 valence electrons. The molecule has 1 fully saturated rings. The van der Waals surface area contributed by atoms with Gasteiger partial charge in [0, 0.05) is 27.7 Å². The zero-order chi connectivity index (χ0) is 15.7. The van der Waals surface area contributed by atoms with Crippen LogP contribution >= 0.6 is 24.2 Å². The molecule has 4 heteroatoms. The van der Waals surface area contributed by atoms with Crippen LogP contribution in [-0.2, 0) is 4.79 Å². The van der Waals surface area contributed by atoms with E-state index in [1.54, 1.807) is 6.92 Å². The fourth-order valence-electron chi connectivity index (χ4n) is 3.91. The van der Waals surface area contributed by atoms with Crippen LogP contribution in [0, 0.1) is 5.92 Å². The number of nitrogens with zero attached hydrogens (tertiary/aromatic N) is 1. The Morgan fingerprint density at radius 1 is 1.18 bits per heavy atom. The smallest absolute Gasteiger partial charge is 0.158 e. The zero-order valence-electron chi connectivity index (χ0n) is 12.9. The van der Waals surface area contributed by atoms with Crippen LogP contribution in [-0.4, -0.2) is 18.4 Å². The van der Waals surface area contributed by atoms with Gasteiger partial charge in [0.15, 0.2) is 5.78 Å². The molecule has 3 rings (SSSR count). The Morgan fingerprint density at radius 2 is 1.82 bits per heavy atom. The largest absolute Gasteiger partial charge is 0.359 e. The lowest BCUT2D eigenvalue weighted by Gasteiger charge is -2.36. The van der Waals surface area contributed by atoms with E-state index in [1.807, 2.05) is 24.3 Å². The molecule has 1 aromatic rings. The molecule has 0 aromatic heterocycles. The maximum absolute atomic E-state index is 12.2. The van der Waals surface area contributed by atoms with Gasteiger partial charge in [0.05, 0.1) is 6.04 Å². The summed E-state index contributed by atoms with van der Waals surface area (Å²) in [7, 11) is 0. The van der Waals surface area contributed by atoms with Gasteiger partial charge in [0.2, 0.25) is 0 Å². The predicted molar refractivity (Wildman–Crippen MR) is 95.9 cm³/mol. The van der Waals surface area contributed by atoms with Gasteiger partial charge in [0.25, 0.3) is 0 Å². The van der Waals surface area contributed by atoms with E-state index in [0.29, 0.717) is 5.92 Å². The average Bonchev–Trinajstić information content (AvgIpc) is 2.86. The first kappa shape index (κ1) is 15.9. The SMILES string of the molecule is CC(=O)C1=C(S)CN(c2ccc(Cl)cc2)C1C1CCCCC1. The van der Waals surface area contributed by atoms with Gasteiger partial charge in [-0.05, 0) is 49.9 Å². The minimum atomic E-state index is 0.164. The van der Waals surface area contributed by atoms with Crippen molar-refractivity contribution in [2.24, 2.45) is 5.92 Å². The van der Waals surface area contributed by atoms with E-state index >= 15 is 0 Å². The summed E-state index contributed by atoms with van der Waals surface area (Å²) in [5, 5.41) is 0.739. The van der Waals surface area contributed by atoms with E-state index in [2.05, 4.69) is 17.5 Å². The lowest BCUT2D eigenvalue weighted by molar-refractivity contribution is -0.113. The van der Waals surface area contributed by atoms with Crippen molar-refractivity contribution in [1.82, 2.24) is 0 Å². The third-order valence-corrected chi connectivity index (χ3v) is 5.53. The summed E-state index contributed by atoms with van der Waals surface area (Å²) in [5.74, 6) is 0.713. The second kappa shape index (κ2) is 6.67. The Morgan fingerprint density at radius 3 is 2.41 bits per heavy atom. The van der Waals surface area contributed by atoms with E-state index in [-0.39, 0.29) is 11.8 Å². The van der Waals surface area contributed by atoms with Crippen molar-refractivity contribution < 1.29 is 4.79 Å². The number of carbonyl (C=O) groups excluding carboxylic acids is 1. The van der Waals surface area contributed by atoms with Crippen LogP contribution in [0.3, 0.4) is 0 Å². The molecule has 1 atom stereocenters. The molecule has 1 aliphatic carbocycles. The van der Waals surface area contributed by atoms with Gasteiger partial charge >= 0.3 is 0 Å². The molecule has 1 aromatic carbocycles. The molecule has 1 heterocycles. The van der Waals surface area contributed by atoms with E-state index in [9.17, 15) is 4.79 Å². The number of carbonyl (C=O) groups is 1. The Balaban J connectivity index is 1.95. The summed E-state index contributed by atoms with van der Waals surface area (Å²) in [6.07, 6.45) is 6.25. The second-order valence-electron chi connectivity index (χ2n) is 6.36. The molecule has 1 aliphatic heterocycles. The summed E-state index contributed by atoms with van der Waals surface area (Å²) < 4.78 is 0. The fraction of sp³-hybridized carbons (Fsp3) is 0.500. The Bertz CT molecular complexity index is 590. The summed E-state index contributed by atoms with van der Waals surface area (Å²) >= 11 is 10.6. The molecule has 0 amide bonds. The quantitative estimate of drug-likeness (QED) is 0.794.